The first kappa shape index (κ1) is 18.2. The van der Waals surface area contributed by atoms with Crippen LogP contribution in [0.1, 0.15) is 15.9 Å². The number of carbonyl (C=O) groups is 1. The molecule has 0 aliphatic carbocycles. The molecule has 0 unspecified atom stereocenters. The number of ether oxygens (including phenoxy) is 2. The van der Waals surface area contributed by atoms with Crippen LogP contribution in [0.25, 0.3) is 0 Å². The van der Waals surface area contributed by atoms with Crippen molar-refractivity contribution in [3.8, 4) is 11.5 Å². The van der Waals surface area contributed by atoms with Crippen molar-refractivity contribution in [2.24, 2.45) is 0 Å². The Hall–Kier alpha value is -2.57. The van der Waals surface area contributed by atoms with Crippen LogP contribution in [-0.4, -0.2) is 56.2 Å². The van der Waals surface area contributed by atoms with Crippen LogP contribution in [0.15, 0.2) is 48.5 Å². The molecule has 1 heterocycles. The van der Waals surface area contributed by atoms with Crippen molar-refractivity contribution in [3.05, 3.63) is 59.7 Å². The van der Waals surface area contributed by atoms with E-state index in [1.54, 1.807) is 7.11 Å². The monoisotopic (exact) mass is 355 g/mol. The molecular weight excluding hydrogens is 330 g/mol. The lowest BCUT2D eigenvalue weighted by molar-refractivity contribution is 0.0662. The molecule has 138 valence electrons. The van der Waals surface area contributed by atoms with E-state index in [0.29, 0.717) is 23.7 Å². The molecule has 0 aromatic heterocycles. The second-order valence-corrected chi connectivity index (χ2v) is 6.37. The van der Waals surface area contributed by atoms with Gasteiger partial charge in [-0.3, -0.25) is 10.2 Å². The molecule has 1 fully saturated rings. The molecule has 2 aromatic rings. The molecule has 0 bridgehead atoms. The summed E-state index contributed by atoms with van der Waals surface area (Å²) in [6, 6.07) is 15.0. The number of hydrazine groups is 1. The number of nitrogens with zero attached hydrogens (tertiary/aromatic N) is 2. The van der Waals surface area contributed by atoms with E-state index in [-0.39, 0.29) is 5.91 Å². The van der Waals surface area contributed by atoms with Crippen molar-refractivity contribution in [2.75, 3.05) is 40.3 Å². The van der Waals surface area contributed by atoms with E-state index in [4.69, 9.17) is 9.47 Å². The number of hydrogen-bond donors (Lipinski definition) is 1. The van der Waals surface area contributed by atoms with Gasteiger partial charge in [-0.1, -0.05) is 24.3 Å². The van der Waals surface area contributed by atoms with Gasteiger partial charge in [-0.05, 0) is 36.9 Å². The molecule has 1 amide bonds. The first-order valence-corrected chi connectivity index (χ1v) is 8.75. The minimum Gasteiger partial charge on any atom is -0.493 e. The van der Waals surface area contributed by atoms with Gasteiger partial charge in [0.1, 0.15) is 6.61 Å². The van der Waals surface area contributed by atoms with Gasteiger partial charge >= 0.3 is 0 Å². The Kier molecular flexibility index (Phi) is 6.09. The standard InChI is InChI=1S/C20H25N3O3/c1-22-11-13-23(14-12-22)21-20(24)17-9-7-16(8-10-17)15-26-19-6-4-3-5-18(19)25-2/h3-10H,11-15H2,1-2H3,(H,21,24). The van der Waals surface area contributed by atoms with E-state index in [2.05, 4.69) is 17.4 Å². The maximum atomic E-state index is 12.4. The smallest absolute Gasteiger partial charge is 0.265 e. The van der Waals surface area contributed by atoms with Gasteiger partial charge in [0.2, 0.25) is 0 Å². The SMILES string of the molecule is COc1ccccc1OCc1ccc(C(=O)NN2CCN(C)CC2)cc1. The number of methoxy groups -OCH3 is 1. The van der Waals surface area contributed by atoms with Gasteiger partial charge in [0, 0.05) is 31.7 Å². The van der Waals surface area contributed by atoms with Crippen LogP contribution in [-0.2, 0) is 6.61 Å². The molecule has 6 nitrogen and oxygen atoms in total. The van der Waals surface area contributed by atoms with E-state index >= 15 is 0 Å². The Balaban J connectivity index is 1.53. The number of rotatable bonds is 6. The highest BCUT2D eigenvalue weighted by molar-refractivity contribution is 5.93. The molecule has 0 spiro atoms. The van der Waals surface area contributed by atoms with Crippen LogP contribution in [0, 0.1) is 0 Å². The van der Waals surface area contributed by atoms with Crippen LogP contribution in [0.4, 0.5) is 0 Å². The van der Waals surface area contributed by atoms with E-state index in [1.165, 1.54) is 0 Å². The minimum absolute atomic E-state index is 0.0771. The van der Waals surface area contributed by atoms with Crippen LogP contribution in [0.3, 0.4) is 0 Å². The largest absolute Gasteiger partial charge is 0.493 e. The second kappa shape index (κ2) is 8.69. The van der Waals surface area contributed by atoms with Crippen LogP contribution >= 0.6 is 0 Å². The van der Waals surface area contributed by atoms with Crippen LogP contribution < -0.4 is 14.9 Å². The summed E-state index contributed by atoms with van der Waals surface area (Å²) in [6.07, 6.45) is 0. The Bertz CT molecular complexity index is 725. The van der Waals surface area contributed by atoms with Gasteiger partial charge in [0.05, 0.1) is 7.11 Å². The Morgan fingerprint density at radius 2 is 1.65 bits per heavy atom. The van der Waals surface area contributed by atoms with Gasteiger partial charge in [-0.25, -0.2) is 5.01 Å². The predicted octanol–water partition coefficient (Wildman–Crippen LogP) is 2.17. The third-order valence-corrected chi connectivity index (χ3v) is 4.44. The maximum Gasteiger partial charge on any atom is 0.265 e. The first-order chi connectivity index (χ1) is 12.7. The third-order valence-electron chi connectivity index (χ3n) is 4.44. The Labute approximate surface area is 154 Å². The molecule has 6 heteroatoms. The lowest BCUT2D eigenvalue weighted by Gasteiger charge is -2.32. The number of piperazine rings is 1. The molecule has 0 saturated carbocycles. The summed E-state index contributed by atoms with van der Waals surface area (Å²) in [6.45, 7) is 4.01. The third kappa shape index (κ3) is 4.74. The highest BCUT2D eigenvalue weighted by Crippen LogP contribution is 2.26. The Morgan fingerprint density at radius 3 is 2.31 bits per heavy atom. The highest BCUT2D eigenvalue weighted by atomic mass is 16.5. The van der Waals surface area contributed by atoms with E-state index in [1.807, 2.05) is 53.5 Å². The van der Waals surface area contributed by atoms with Crippen molar-refractivity contribution < 1.29 is 14.3 Å². The van der Waals surface area contributed by atoms with Crippen LogP contribution in [0.5, 0.6) is 11.5 Å². The fourth-order valence-corrected chi connectivity index (χ4v) is 2.78. The summed E-state index contributed by atoms with van der Waals surface area (Å²) >= 11 is 0. The zero-order chi connectivity index (χ0) is 18.4. The van der Waals surface area contributed by atoms with Crippen LogP contribution in [0.2, 0.25) is 0 Å². The average molecular weight is 355 g/mol. The number of amides is 1. The van der Waals surface area contributed by atoms with Gasteiger partial charge in [-0.2, -0.15) is 0 Å². The van der Waals surface area contributed by atoms with Gasteiger partial charge < -0.3 is 14.4 Å². The number of hydrogen-bond acceptors (Lipinski definition) is 5. The summed E-state index contributed by atoms with van der Waals surface area (Å²) in [5, 5.41) is 1.97. The molecule has 1 aliphatic rings. The number of nitrogens with one attached hydrogen (secondary N) is 1. The molecular formula is C20H25N3O3. The zero-order valence-corrected chi connectivity index (χ0v) is 15.3. The topological polar surface area (TPSA) is 54.0 Å². The number of benzene rings is 2. The number of para-hydroxylation sites is 2. The molecule has 1 N–H and O–H groups in total. The van der Waals surface area contributed by atoms with Crippen molar-refractivity contribution in [3.63, 3.8) is 0 Å². The summed E-state index contributed by atoms with van der Waals surface area (Å²) < 4.78 is 11.1. The Morgan fingerprint density at radius 1 is 1.00 bits per heavy atom. The van der Waals surface area contributed by atoms with E-state index in [0.717, 1.165) is 31.7 Å². The lowest BCUT2D eigenvalue weighted by atomic mass is 10.1. The first-order valence-electron chi connectivity index (χ1n) is 8.75. The number of likely N-dealkylation sites (N-methyl/N-ethyl adjacent to an activating group) is 1. The quantitative estimate of drug-likeness (QED) is 0.861. The summed E-state index contributed by atoms with van der Waals surface area (Å²) in [5.74, 6) is 1.33. The van der Waals surface area contributed by atoms with Crippen molar-refractivity contribution in [1.82, 2.24) is 15.3 Å². The van der Waals surface area contributed by atoms with Gasteiger partial charge in [0.25, 0.3) is 5.91 Å². The summed E-state index contributed by atoms with van der Waals surface area (Å²) in [7, 11) is 3.71. The molecule has 0 radical (unpaired) electrons. The fourth-order valence-electron chi connectivity index (χ4n) is 2.78. The second-order valence-electron chi connectivity index (χ2n) is 6.37. The molecule has 1 saturated heterocycles. The number of carbonyl (C=O) groups excluding carboxylic acids is 1. The molecule has 2 aromatic carbocycles. The minimum atomic E-state index is -0.0771. The predicted molar refractivity (Wildman–Crippen MR) is 100 cm³/mol. The highest BCUT2D eigenvalue weighted by Gasteiger charge is 2.16. The van der Waals surface area contributed by atoms with Gasteiger partial charge in [0.15, 0.2) is 11.5 Å². The molecule has 26 heavy (non-hydrogen) atoms. The van der Waals surface area contributed by atoms with Crippen molar-refractivity contribution >= 4 is 5.91 Å². The van der Waals surface area contributed by atoms with Crippen molar-refractivity contribution in [2.45, 2.75) is 6.61 Å². The zero-order valence-electron chi connectivity index (χ0n) is 15.3. The van der Waals surface area contributed by atoms with Gasteiger partial charge in [-0.15, -0.1) is 0 Å². The normalized spacial score (nSPS) is 15.5. The maximum absolute atomic E-state index is 12.4. The fraction of sp³-hybridized carbons (Fsp3) is 0.350. The average Bonchev–Trinajstić information content (AvgIpc) is 2.68. The molecule has 0 atom stereocenters. The molecule has 1 aliphatic heterocycles. The lowest BCUT2D eigenvalue weighted by Crippen LogP contribution is -2.52. The van der Waals surface area contributed by atoms with E-state index in [9.17, 15) is 4.79 Å². The molecule has 3 rings (SSSR count). The summed E-state index contributed by atoms with van der Waals surface area (Å²) in [5.41, 5.74) is 4.60. The van der Waals surface area contributed by atoms with Crippen molar-refractivity contribution in [1.29, 1.82) is 0 Å². The van der Waals surface area contributed by atoms with E-state index < -0.39 is 0 Å². The summed E-state index contributed by atoms with van der Waals surface area (Å²) in [4.78, 5) is 14.6.